The van der Waals surface area contributed by atoms with Crippen molar-refractivity contribution < 1.29 is 24.5 Å². The predicted octanol–water partition coefficient (Wildman–Crippen LogP) is 5.51. The van der Waals surface area contributed by atoms with Gasteiger partial charge in [0.05, 0.1) is 32.5 Å². The van der Waals surface area contributed by atoms with Crippen molar-refractivity contribution in [1.29, 1.82) is 0 Å². The Balaban J connectivity index is 0.000000317. The first-order chi connectivity index (χ1) is 18.4. The molecule has 1 unspecified atom stereocenters. The van der Waals surface area contributed by atoms with Crippen molar-refractivity contribution in [2.75, 3.05) is 26.9 Å². The number of fused-ring (bicyclic) bond motifs is 3. The van der Waals surface area contributed by atoms with Crippen LogP contribution in [0.3, 0.4) is 0 Å². The smallest absolute Gasteiger partial charge is 0.210 e. The van der Waals surface area contributed by atoms with Crippen molar-refractivity contribution in [2.24, 2.45) is 0 Å². The van der Waals surface area contributed by atoms with E-state index in [1.165, 1.54) is 10.9 Å². The Hall–Kier alpha value is -3.04. The lowest BCUT2D eigenvalue weighted by atomic mass is 9.93. The minimum absolute atomic E-state index is 0.173. The number of hydrogen-bond donors (Lipinski definition) is 3. The summed E-state index contributed by atoms with van der Waals surface area (Å²) in [6, 6.07) is 20.9. The number of aliphatic hydroxyl groups is 2. The van der Waals surface area contributed by atoms with Crippen LogP contribution in [0.25, 0.3) is 10.9 Å². The number of aliphatic hydroxyl groups excluding tert-OH is 2. The molecule has 4 aromatic rings. The molecule has 2 heterocycles. The van der Waals surface area contributed by atoms with Crippen LogP contribution in [0.4, 0.5) is 0 Å². The number of hydrogen-bond acceptors (Lipinski definition) is 5. The number of benzene rings is 3. The Labute approximate surface area is 235 Å². The number of carbonyl (C=O) groups excluding carboxylic acids is 1. The molecular weight excluding hydrogens is 572 g/mol. The van der Waals surface area contributed by atoms with E-state index in [0.717, 1.165) is 44.8 Å². The normalized spacial score (nSPS) is 15.3. The molecule has 2 atom stereocenters. The van der Waals surface area contributed by atoms with Gasteiger partial charge in [-0.3, -0.25) is 4.79 Å². The molecule has 1 aliphatic heterocycles. The summed E-state index contributed by atoms with van der Waals surface area (Å²) in [5.74, 6) is 1.52. The molecule has 0 saturated heterocycles. The molecule has 1 aromatic heterocycles. The van der Waals surface area contributed by atoms with Crippen LogP contribution in [0.15, 0.2) is 71.2 Å². The molecule has 0 radical (unpaired) electrons. The second kappa shape index (κ2) is 13.2. The number of aromatic nitrogens is 1. The topological polar surface area (TPSA) is 95.0 Å². The van der Waals surface area contributed by atoms with Crippen molar-refractivity contribution in [3.05, 3.63) is 93.0 Å². The van der Waals surface area contributed by atoms with E-state index < -0.39 is 6.10 Å². The van der Waals surface area contributed by atoms with Gasteiger partial charge < -0.3 is 29.6 Å². The number of nitrogens with one attached hydrogen (secondary N) is 1. The third kappa shape index (κ3) is 6.69. The lowest BCUT2D eigenvalue weighted by Crippen LogP contribution is -2.34. The molecule has 9 heteroatoms. The van der Waals surface area contributed by atoms with Gasteiger partial charge in [0.1, 0.15) is 11.5 Å². The fourth-order valence-electron chi connectivity index (χ4n) is 4.47. The number of amides is 1. The summed E-state index contributed by atoms with van der Waals surface area (Å²) in [4.78, 5) is 17.1. The number of H-pyrrole nitrogens is 1. The van der Waals surface area contributed by atoms with Crippen LogP contribution in [0.1, 0.15) is 29.3 Å². The number of carbonyl (C=O) groups is 1. The summed E-state index contributed by atoms with van der Waals surface area (Å²) in [5, 5.41) is 20.2. The number of ether oxygens (including phenoxy) is 2. The fraction of sp³-hybridized carbons (Fsp3) is 0.276. The second-order valence-electron chi connectivity index (χ2n) is 8.90. The van der Waals surface area contributed by atoms with Crippen LogP contribution in [0.5, 0.6) is 11.5 Å². The van der Waals surface area contributed by atoms with Crippen molar-refractivity contribution in [3.8, 4) is 11.5 Å². The van der Waals surface area contributed by atoms with E-state index in [2.05, 4.69) is 33.0 Å². The maximum Gasteiger partial charge on any atom is 0.210 e. The molecule has 0 aliphatic carbocycles. The van der Waals surface area contributed by atoms with Gasteiger partial charge in [0.25, 0.3) is 0 Å². The van der Waals surface area contributed by atoms with Crippen LogP contribution in [-0.4, -0.2) is 59.5 Å². The highest BCUT2D eigenvalue weighted by molar-refractivity contribution is 9.10. The van der Waals surface area contributed by atoms with Crippen LogP contribution < -0.4 is 9.47 Å². The molecule has 38 heavy (non-hydrogen) atoms. The first-order valence-electron chi connectivity index (χ1n) is 12.3. The average molecular weight is 602 g/mol. The predicted molar refractivity (Wildman–Crippen MR) is 152 cm³/mol. The van der Waals surface area contributed by atoms with E-state index in [0.29, 0.717) is 25.3 Å². The molecule has 7 nitrogen and oxygen atoms in total. The van der Waals surface area contributed by atoms with Crippen molar-refractivity contribution >= 4 is 44.8 Å². The molecule has 200 valence electrons. The Morgan fingerprint density at radius 1 is 1.13 bits per heavy atom. The van der Waals surface area contributed by atoms with Crippen molar-refractivity contribution in [3.63, 3.8) is 0 Å². The first kappa shape index (κ1) is 28.0. The molecule has 3 N–H and O–H groups in total. The standard InChI is InChI=1S/C22H23BrN2O4.C7H7ClO/c23-15-3-6-20-19(11-15)18-7-9-25(13-27)22(21(18)24-20)14-1-4-17(5-2-14)29-10-8-16(28)12-26;1-9-7-4-2-6(8)3-5-7/h1-6,11,13,16,22,24,26,28H,7-10,12H2;2-5H,1H3/t16-,22?;/m0./s1. The minimum Gasteiger partial charge on any atom is -0.497 e. The van der Waals surface area contributed by atoms with Gasteiger partial charge in [0, 0.05) is 39.1 Å². The number of methoxy groups -OCH3 is 1. The third-order valence-electron chi connectivity index (χ3n) is 6.44. The van der Waals surface area contributed by atoms with Gasteiger partial charge in [-0.05, 0) is 72.1 Å². The SMILES string of the molecule is COc1ccc(Cl)cc1.O=CN1CCc2c([nH]c3ccc(Br)cc23)C1c1ccc(OCC[C@H](O)CO)cc1. The summed E-state index contributed by atoms with van der Waals surface area (Å²) in [5.41, 5.74) is 4.38. The van der Waals surface area contributed by atoms with Crippen molar-refractivity contribution in [2.45, 2.75) is 25.0 Å². The minimum atomic E-state index is -0.766. The summed E-state index contributed by atoms with van der Waals surface area (Å²) < 4.78 is 11.6. The maximum atomic E-state index is 11.8. The molecule has 0 bridgehead atoms. The van der Waals surface area contributed by atoms with Crippen LogP contribution in [0, 0.1) is 0 Å². The fourth-order valence-corrected chi connectivity index (χ4v) is 4.96. The number of halogens is 2. The van der Waals surface area contributed by atoms with E-state index in [1.807, 2.05) is 47.4 Å². The van der Waals surface area contributed by atoms with Crippen LogP contribution in [0.2, 0.25) is 5.02 Å². The summed E-state index contributed by atoms with van der Waals surface area (Å²) >= 11 is 9.16. The molecule has 0 spiro atoms. The highest BCUT2D eigenvalue weighted by Gasteiger charge is 2.31. The lowest BCUT2D eigenvalue weighted by Gasteiger charge is -2.33. The number of aromatic amines is 1. The quantitative estimate of drug-likeness (QED) is 0.232. The maximum absolute atomic E-state index is 11.8. The zero-order valence-electron chi connectivity index (χ0n) is 20.9. The van der Waals surface area contributed by atoms with Crippen LogP contribution in [-0.2, 0) is 11.2 Å². The van der Waals surface area contributed by atoms with E-state index in [1.54, 1.807) is 19.2 Å². The lowest BCUT2D eigenvalue weighted by molar-refractivity contribution is -0.120. The van der Waals surface area contributed by atoms with Gasteiger partial charge in [-0.25, -0.2) is 0 Å². The van der Waals surface area contributed by atoms with Gasteiger partial charge in [-0.1, -0.05) is 39.7 Å². The molecular formula is C29H30BrClN2O5. The summed E-state index contributed by atoms with van der Waals surface area (Å²) in [6.45, 7) is 0.721. The Morgan fingerprint density at radius 3 is 2.50 bits per heavy atom. The molecule has 0 saturated carbocycles. The first-order valence-corrected chi connectivity index (χ1v) is 13.4. The van der Waals surface area contributed by atoms with E-state index in [-0.39, 0.29) is 12.6 Å². The highest BCUT2D eigenvalue weighted by atomic mass is 79.9. The Kier molecular flexibility index (Phi) is 9.69. The van der Waals surface area contributed by atoms with Crippen molar-refractivity contribution in [1.82, 2.24) is 9.88 Å². The van der Waals surface area contributed by atoms with Gasteiger partial charge in [0.15, 0.2) is 0 Å². The van der Waals surface area contributed by atoms with E-state index >= 15 is 0 Å². The zero-order valence-corrected chi connectivity index (χ0v) is 23.3. The monoisotopic (exact) mass is 600 g/mol. The highest BCUT2D eigenvalue weighted by Crippen LogP contribution is 2.38. The number of nitrogens with zero attached hydrogens (tertiary/aromatic N) is 1. The van der Waals surface area contributed by atoms with Crippen LogP contribution >= 0.6 is 27.5 Å². The van der Waals surface area contributed by atoms with Gasteiger partial charge in [0.2, 0.25) is 6.41 Å². The zero-order chi connectivity index (χ0) is 27.1. The van der Waals surface area contributed by atoms with E-state index in [9.17, 15) is 9.90 Å². The summed E-state index contributed by atoms with van der Waals surface area (Å²) in [6.07, 6.45) is 1.33. The molecule has 0 fully saturated rings. The molecule has 3 aromatic carbocycles. The second-order valence-corrected chi connectivity index (χ2v) is 10.3. The third-order valence-corrected chi connectivity index (χ3v) is 7.18. The number of rotatable bonds is 8. The van der Waals surface area contributed by atoms with E-state index in [4.69, 9.17) is 26.2 Å². The van der Waals surface area contributed by atoms with Gasteiger partial charge >= 0.3 is 0 Å². The average Bonchev–Trinajstić information content (AvgIpc) is 3.31. The van der Waals surface area contributed by atoms with Gasteiger partial charge in [-0.15, -0.1) is 0 Å². The molecule has 1 aliphatic rings. The molecule has 5 rings (SSSR count). The molecule has 1 amide bonds. The Morgan fingerprint density at radius 2 is 1.84 bits per heavy atom. The largest absolute Gasteiger partial charge is 0.497 e. The Bertz CT molecular complexity index is 1340. The van der Waals surface area contributed by atoms with Gasteiger partial charge in [-0.2, -0.15) is 0 Å². The summed E-state index contributed by atoms with van der Waals surface area (Å²) in [7, 11) is 1.63.